The van der Waals surface area contributed by atoms with E-state index < -0.39 is 29.7 Å². The molecule has 3 N–H and O–H groups in total. The third kappa shape index (κ3) is 11.1. The second-order valence-electron chi connectivity index (χ2n) is 11.2. The van der Waals surface area contributed by atoms with Gasteiger partial charge in [0.15, 0.2) is 0 Å². The maximum Gasteiger partial charge on any atom is 0.305 e. The summed E-state index contributed by atoms with van der Waals surface area (Å²) in [4.78, 5) is 34.7. The van der Waals surface area contributed by atoms with Crippen LogP contribution in [-0.4, -0.2) is 70.7 Å². The average molecular weight is 536 g/mol. The van der Waals surface area contributed by atoms with Gasteiger partial charge in [-0.25, -0.2) is 0 Å². The zero-order chi connectivity index (χ0) is 28.5. The van der Waals surface area contributed by atoms with Crippen molar-refractivity contribution in [1.29, 1.82) is 0 Å². The van der Waals surface area contributed by atoms with Gasteiger partial charge in [-0.2, -0.15) is 0 Å². The van der Waals surface area contributed by atoms with Crippen LogP contribution < -0.4 is 5.32 Å². The van der Waals surface area contributed by atoms with Gasteiger partial charge in [-0.1, -0.05) is 50.6 Å². The number of nitrogens with one attached hydrogen (secondary N) is 1. The van der Waals surface area contributed by atoms with Crippen molar-refractivity contribution in [3.63, 3.8) is 0 Å². The Morgan fingerprint density at radius 1 is 1.13 bits per heavy atom. The minimum absolute atomic E-state index is 0.0207. The summed E-state index contributed by atoms with van der Waals surface area (Å²) in [6.07, 6.45) is 9.52. The smallest absolute Gasteiger partial charge is 0.305 e. The molecule has 0 saturated carbocycles. The summed E-state index contributed by atoms with van der Waals surface area (Å²) >= 11 is 0. The molecule has 2 aliphatic rings. The van der Waals surface area contributed by atoms with E-state index in [1.54, 1.807) is 6.08 Å². The molecule has 2 aliphatic heterocycles. The van der Waals surface area contributed by atoms with Crippen molar-refractivity contribution < 1.29 is 38.8 Å². The van der Waals surface area contributed by atoms with E-state index in [-0.39, 0.29) is 55.9 Å². The molecule has 0 spiro atoms. The Hall–Kier alpha value is -2.49. The molecule has 0 bridgehead atoms. The first-order valence-electron chi connectivity index (χ1n) is 13.5. The first-order valence-corrected chi connectivity index (χ1v) is 13.5. The zero-order valence-electron chi connectivity index (χ0n) is 23.5. The van der Waals surface area contributed by atoms with Crippen LogP contribution in [0.25, 0.3) is 0 Å². The first kappa shape index (κ1) is 31.7. The third-order valence-corrected chi connectivity index (χ3v) is 6.92. The number of aliphatic hydroxyl groups is 1. The fourth-order valence-electron chi connectivity index (χ4n) is 4.86. The maximum atomic E-state index is 12.2. The summed E-state index contributed by atoms with van der Waals surface area (Å²) in [7, 11) is 0. The number of aliphatic carboxylic acids is 1. The summed E-state index contributed by atoms with van der Waals surface area (Å²) in [5, 5.41) is 23.2. The van der Waals surface area contributed by atoms with Crippen LogP contribution in [0.2, 0.25) is 0 Å². The Balaban J connectivity index is 1.95. The predicted molar refractivity (Wildman–Crippen MR) is 143 cm³/mol. The lowest BCUT2D eigenvalue weighted by Gasteiger charge is -2.39. The van der Waals surface area contributed by atoms with E-state index in [4.69, 9.17) is 14.2 Å². The minimum Gasteiger partial charge on any atom is -0.481 e. The molecule has 0 aliphatic carbocycles. The number of carbonyl (C=O) groups excluding carboxylic acids is 2. The fraction of sp³-hybridized carbons (Fsp3) is 0.690. The number of ether oxygens (including phenoxy) is 3. The van der Waals surface area contributed by atoms with Gasteiger partial charge in [-0.15, -0.1) is 0 Å². The Kier molecular flexibility index (Phi) is 12.2. The van der Waals surface area contributed by atoms with Gasteiger partial charge in [0.25, 0.3) is 0 Å². The maximum absolute atomic E-state index is 12.2. The van der Waals surface area contributed by atoms with Crippen LogP contribution in [-0.2, 0) is 28.6 Å². The van der Waals surface area contributed by atoms with Crippen molar-refractivity contribution in [3.8, 4) is 0 Å². The average Bonchev–Trinajstić information content (AvgIpc) is 2.80. The monoisotopic (exact) mass is 535 g/mol. The van der Waals surface area contributed by atoms with Crippen LogP contribution in [0.5, 0.6) is 0 Å². The van der Waals surface area contributed by atoms with Gasteiger partial charge >= 0.3 is 11.9 Å². The molecule has 0 radical (unpaired) electrons. The largest absolute Gasteiger partial charge is 0.481 e. The SMILES string of the molecule is CC(=O)OCC1(O)CC(/C=C/C(C)=C/C[C@@H]2O[C@H](C)[C@H](NC(=O)/C=C\C(C)C)C[C@@H]2C)OC(CC(=O)O)C1. The molecule has 3 unspecified atom stereocenters. The van der Waals surface area contributed by atoms with Crippen molar-refractivity contribution in [3.05, 3.63) is 36.0 Å². The normalized spacial score (nSPS) is 32.6. The second-order valence-corrected chi connectivity index (χ2v) is 11.2. The Bertz CT molecular complexity index is 910. The van der Waals surface area contributed by atoms with E-state index in [0.29, 0.717) is 12.3 Å². The van der Waals surface area contributed by atoms with Crippen molar-refractivity contribution in [2.75, 3.05) is 6.61 Å². The second kappa shape index (κ2) is 14.6. The summed E-state index contributed by atoms with van der Waals surface area (Å²) < 4.78 is 17.2. The van der Waals surface area contributed by atoms with E-state index >= 15 is 0 Å². The molecular weight excluding hydrogens is 490 g/mol. The number of carboxylic acids is 1. The molecule has 9 nitrogen and oxygen atoms in total. The van der Waals surface area contributed by atoms with Gasteiger partial charge < -0.3 is 29.7 Å². The van der Waals surface area contributed by atoms with E-state index in [9.17, 15) is 24.6 Å². The lowest BCUT2D eigenvalue weighted by molar-refractivity contribution is -0.174. The number of hydrogen-bond donors (Lipinski definition) is 3. The third-order valence-electron chi connectivity index (χ3n) is 6.92. The molecule has 1 amide bonds. The van der Waals surface area contributed by atoms with Crippen molar-refractivity contribution in [2.45, 2.75) is 110 Å². The zero-order valence-corrected chi connectivity index (χ0v) is 23.5. The molecule has 38 heavy (non-hydrogen) atoms. The Morgan fingerprint density at radius 2 is 1.84 bits per heavy atom. The number of rotatable bonds is 11. The van der Waals surface area contributed by atoms with Crippen LogP contribution in [0.1, 0.15) is 73.6 Å². The highest BCUT2D eigenvalue weighted by Gasteiger charge is 2.41. The quantitative estimate of drug-likeness (QED) is 0.207. The number of amides is 1. The van der Waals surface area contributed by atoms with Crippen LogP contribution in [0, 0.1) is 11.8 Å². The Labute approximate surface area is 226 Å². The van der Waals surface area contributed by atoms with Crippen molar-refractivity contribution in [2.24, 2.45) is 11.8 Å². The van der Waals surface area contributed by atoms with Crippen LogP contribution in [0.4, 0.5) is 0 Å². The van der Waals surface area contributed by atoms with Crippen LogP contribution in [0.15, 0.2) is 36.0 Å². The van der Waals surface area contributed by atoms with Crippen LogP contribution >= 0.6 is 0 Å². The standard InChI is InChI=1S/C29H45NO8/c1-18(2)7-12-27(32)30-25-13-20(4)26(37-21(25)5)11-9-19(3)8-10-23-15-29(35,17-36-22(6)31)16-24(38-23)14-28(33)34/h7-10,12,18,20-21,23-26,35H,11,13-17H2,1-6H3,(H,30,32)(H,33,34)/b10-8+,12-7-,19-9+/t20-,21+,23?,24?,25+,26-,29?/m0/s1. The molecule has 0 aromatic rings. The summed E-state index contributed by atoms with van der Waals surface area (Å²) in [5.74, 6) is -1.05. The van der Waals surface area contributed by atoms with Crippen molar-refractivity contribution >= 4 is 17.8 Å². The number of allylic oxidation sites excluding steroid dienone is 3. The van der Waals surface area contributed by atoms with E-state index in [0.717, 1.165) is 12.0 Å². The number of carbonyl (C=O) groups is 3. The molecule has 214 valence electrons. The Morgan fingerprint density at radius 3 is 2.47 bits per heavy atom. The summed E-state index contributed by atoms with van der Waals surface area (Å²) in [6.45, 7) is 11.2. The van der Waals surface area contributed by atoms with Gasteiger partial charge in [0.2, 0.25) is 5.91 Å². The van der Waals surface area contributed by atoms with Gasteiger partial charge in [0, 0.05) is 19.8 Å². The molecule has 7 atom stereocenters. The fourth-order valence-corrected chi connectivity index (χ4v) is 4.86. The molecule has 9 heteroatoms. The summed E-state index contributed by atoms with van der Waals surface area (Å²) in [6, 6.07) is -0.0385. The lowest BCUT2D eigenvalue weighted by atomic mass is 9.86. The highest BCUT2D eigenvalue weighted by molar-refractivity contribution is 5.87. The number of carboxylic acid groups (broad SMARTS) is 1. The molecule has 2 heterocycles. The summed E-state index contributed by atoms with van der Waals surface area (Å²) in [5.41, 5.74) is -0.371. The highest BCUT2D eigenvalue weighted by atomic mass is 16.5. The van der Waals surface area contributed by atoms with Gasteiger partial charge in [0.1, 0.15) is 12.2 Å². The first-order chi connectivity index (χ1) is 17.8. The molecular formula is C29H45NO8. The minimum atomic E-state index is -1.35. The molecule has 2 saturated heterocycles. The van der Waals surface area contributed by atoms with Crippen molar-refractivity contribution in [1.82, 2.24) is 5.32 Å². The van der Waals surface area contributed by atoms with Crippen LogP contribution in [0.3, 0.4) is 0 Å². The van der Waals surface area contributed by atoms with E-state index in [1.807, 2.05) is 45.9 Å². The predicted octanol–water partition coefficient (Wildman–Crippen LogP) is 3.71. The number of esters is 1. The molecule has 2 fully saturated rings. The van der Waals surface area contributed by atoms with Gasteiger partial charge in [0.05, 0.1) is 36.9 Å². The van der Waals surface area contributed by atoms with Gasteiger partial charge in [-0.3, -0.25) is 14.4 Å². The van der Waals surface area contributed by atoms with E-state index in [1.165, 1.54) is 6.92 Å². The molecule has 2 rings (SSSR count). The lowest BCUT2D eigenvalue weighted by Crippen LogP contribution is -2.50. The highest BCUT2D eigenvalue weighted by Crippen LogP contribution is 2.32. The molecule has 0 aromatic heterocycles. The molecule has 0 aromatic carbocycles. The van der Waals surface area contributed by atoms with Gasteiger partial charge in [-0.05, 0) is 44.6 Å². The van der Waals surface area contributed by atoms with E-state index in [2.05, 4.69) is 18.3 Å². The number of hydrogen-bond acceptors (Lipinski definition) is 7. The topological polar surface area (TPSA) is 131 Å².